The summed E-state index contributed by atoms with van der Waals surface area (Å²) < 4.78 is 0. The molecule has 0 aromatic heterocycles. The molecule has 0 unspecified atom stereocenters. The zero-order valence-corrected chi connectivity index (χ0v) is 10.2. The SMILES string of the molecule is CC(C)CNNONNCC(C)C.Cl. The maximum Gasteiger partial charge on any atom is 0.0145 e. The van der Waals surface area contributed by atoms with Crippen LogP contribution in [0.5, 0.6) is 0 Å². The summed E-state index contributed by atoms with van der Waals surface area (Å²) in [7, 11) is 0. The Morgan fingerprint density at radius 3 is 1.50 bits per heavy atom. The van der Waals surface area contributed by atoms with Gasteiger partial charge in [0.05, 0.1) is 0 Å². The van der Waals surface area contributed by atoms with Crippen molar-refractivity contribution in [2.75, 3.05) is 13.1 Å². The van der Waals surface area contributed by atoms with Crippen molar-refractivity contribution in [2.45, 2.75) is 27.7 Å². The molecule has 0 rings (SSSR count). The van der Waals surface area contributed by atoms with Gasteiger partial charge in [-0.25, -0.2) is 10.9 Å². The molecule has 5 nitrogen and oxygen atoms in total. The van der Waals surface area contributed by atoms with Gasteiger partial charge in [0.25, 0.3) is 0 Å². The number of hydrogen-bond acceptors (Lipinski definition) is 5. The molecule has 0 aliphatic carbocycles. The molecular weight excluding hydrogens is 204 g/mol. The van der Waals surface area contributed by atoms with E-state index in [4.69, 9.17) is 4.94 Å². The van der Waals surface area contributed by atoms with Crippen molar-refractivity contribution in [2.24, 2.45) is 11.8 Å². The second kappa shape index (κ2) is 11.2. The van der Waals surface area contributed by atoms with Gasteiger partial charge in [0, 0.05) is 13.1 Å². The Labute approximate surface area is 92.6 Å². The molecule has 0 saturated heterocycles. The maximum atomic E-state index is 4.81. The molecule has 4 N–H and O–H groups in total. The van der Waals surface area contributed by atoms with Crippen molar-refractivity contribution in [3.8, 4) is 0 Å². The highest BCUT2D eigenvalue weighted by atomic mass is 35.5. The predicted octanol–water partition coefficient (Wildman–Crippen LogP) is 0.755. The smallest absolute Gasteiger partial charge is 0.0145 e. The zero-order chi connectivity index (χ0) is 10.1. The van der Waals surface area contributed by atoms with Gasteiger partial charge in [-0.05, 0) is 11.8 Å². The van der Waals surface area contributed by atoms with E-state index in [2.05, 4.69) is 49.7 Å². The predicted molar refractivity (Wildman–Crippen MR) is 60.3 cm³/mol. The lowest BCUT2D eigenvalue weighted by atomic mass is 10.2. The van der Waals surface area contributed by atoms with E-state index >= 15 is 0 Å². The van der Waals surface area contributed by atoms with Crippen LogP contribution in [0.2, 0.25) is 0 Å². The minimum atomic E-state index is 0. The fourth-order valence-corrected chi connectivity index (χ4v) is 0.589. The number of nitrogens with one attached hydrogen (secondary N) is 4. The van der Waals surface area contributed by atoms with Crippen molar-refractivity contribution in [3.05, 3.63) is 0 Å². The van der Waals surface area contributed by atoms with E-state index in [1.807, 2.05) is 0 Å². The van der Waals surface area contributed by atoms with Crippen LogP contribution in [-0.4, -0.2) is 13.1 Å². The highest BCUT2D eigenvalue weighted by Crippen LogP contribution is 1.85. The van der Waals surface area contributed by atoms with E-state index in [9.17, 15) is 0 Å². The maximum absolute atomic E-state index is 4.81. The third kappa shape index (κ3) is 14.6. The average molecular weight is 227 g/mol. The summed E-state index contributed by atoms with van der Waals surface area (Å²) in [6.07, 6.45) is 0. The van der Waals surface area contributed by atoms with Crippen LogP contribution in [0.3, 0.4) is 0 Å². The molecule has 0 aromatic rings. The summed E-state index contributed by atoms with van der Waals surface area (Å²) in [5.74, 6) is 1.19. The first-order valence-corrected chi connectivity index (χ1v) is 4.74. The van der Waals surface area contributed by atoms with Gasteiger partial charge in [0.15, 0.2) is 0 Å². The largest absolute Gasteiger partial charge is 0.233 e. The van der Waals surface area contributed by atoms with E-state index < -0.39 is 0 Å². The minimum absolute atomic E-state index is 0. The second-order valence-corrected chi connectivity index (χ2v) is 3.86. The van der Waals surface area contributed by atoms with Gasteiger partial charge in [-0.2, -0.15) is 4.94 Å². The van der Waals surface area contributed by atoms with Crippen LogP contribution >= 0.6 is 12.4 Å². The molecule has 0 atom stereocenters. The fourth-order valence-electron chi connectivity index (χ4n) is 0.589. The third-order valence-electron chi connectivity index (χ3n) is 1.27. The second-order valence-electron chi connectivity index (χ2n) is 3.86. The molecule has 88 valence electrons. The quantitative estimate of drug-likeness (QED) is 0.364. The lowest BCUT2D eigenvalue weighted by Crippen LogP contribution is -2.44. The molecule has 0 bridgehead atoms. The van der Waals surface area contributed by atoms with Gasteiger partial charge in [0.2, 0.25) is 0 Å². The fraction of sp³-hybridized carbons (Fsp3) is 1.00. The summed E-state index contributed by atoms with van der Waals surface area (Å²) in [5, 5.41) is 0. The summed E-state index contributed by atoms with van der Waals surface area (Å²) >= 11 is 0. The molecular formula is C8H23ClN4O. The van der Waals surface area contributed by atoms with Crippen molar-refractivity contribution in [1.29, 1.82) is 0 Å². The van der Waals surface area contributed by atoms with Crippen LogP contribution in [0, 0.1) is 11.8 Å². The number of hydrogen-bond donors (Lipinski definition) is 4. The standard InChI is InChI=1S/C8H22N4O.ClH/c1-7(2)5-9-11-13-12-10-6-8(3)4;/h7-12H,5-6H2,1-4H3;1H. The Morgan fingerprint density at radius 1 is 0.857 bits per heavy atom. The normalized spacial score (nSPS) is 10.7. The van der Waals surface area contributed by atoms with Crippen LogP contribution in [0.25, 0.3) is 0 Å². The first-order chi connectivity index (χ1) is 6.13. The molecule has 0 aliphatic rings. The van der Waals surface area contributed by atoms with E-state index in [1.54, 1.807) is 0 Å². The zero-order valence-electron chi connectivity index (χ0n) is 9.39. The van der Waals surface area contributed by atoms with Crippen molar-refractivity contribution in [3.63, 3.8) is 0 Å². The highest BCUT2D eigenvalue weighted by molar-refractivity contribution is 5.85. The molecule has 0 heterocycles. The van der Waals surface area contributed by atoms with E-state index in [0.29, 0.717) is 11.8 Å². The van der Waals surface area contributed by atoms with E-state index in [1.165, 1.54) is 0 Å². The molecule has 0 fully saturated rings. The Hall–Kier alpha value is 0.0900. The van der Waals surface area contributed by atoms with Gasteiger partial charge in [-0.15, -0.1) is 23.6 Å². The Bertz CT molecular complexity index is 102. The average Bonchev–Trinajstić information content (AvgIpc) is 2.01. The summed E-state index contributed by atoms with van der Waals surface area (Å²) in [6.45, 7) is 10.2. The van der Waals surface area contributed by atoms with Crippen LogP contribution < -0.4 is 22.0 Å². The molecule has 0 amide bonds. The Kier molecular flexibility index (Phi) is 13.2. The van der Waals surface area contributed by atoms with Gasteiger partial charge in [0.1, 0.15) is 0 Å². The van der Waals surface area contributed by atoms with Gasteiger partial charge < -0.3 is 0 Å². The van der Waals surface area contributed by atoms with Gasteiger partial charge in [-0.3, -0.25) is 0 Å². The third-order valence-corrected chi connectivity index (χ3v) is 1.27. The summed E-state index contributed by atoms with van der Waals surface area (Å²) in [4.78, 5) is 4.81. The van der Waals surface area contributed by atoms with Crippen molar-refractivity contribution in [1.82, 2.24) is 22.0 Å². The molecule has 14 heavy (non-hydrogen) atoms. The minimum Gasteiger partial charge on any atom is -0.233 e. The Balaban J connectivity index is 0. The van der Waals surface area contributed by atoms with Gasteiger partial charge >= 0.3 is 0 Å². The molecule has 0 aromatic carbocycles. The summed E-state index contributed by atoms with van der Waals surface area (Å²) in [5.41, 5.74) is 10.9. The van der Waals surface area contributed by atoms with Crippen LogP contribution in [0.1, 0.15) is 27.7 Å². The van der Waals surface area contributed by atoms with Crippen LogP contribution in [-0.2, 0) is 4.94 Å². The topological polar surface area (TPSA) is 57.4 Å². The van der Waals surface area contributed by atoms with E-state index in [0.717, 1.165) is 13.1 Å². The van der Waals surface area contributed by atoms with Crippen LogP contribution in [0.15, 0.2) is 0 Å². The first kappa shape index (κ1) is 16.5. The van der Waals surface area contributed by atoms with Crippen molar-refractivity contribution >= 4 is 12.4 Å². The molecule has 0 radical (unpaired) electrons. The lowest BCUT2D eigenvalue weighted by Gasteiger charge is -2.11. The van der Waals surface area contributed by atoms with Crippen LogP contribution in [0.4, 0.5) is 0 Å². The van der Waals surface area contributed by atoms with Crippen molar-refractivity contribution < 1.29 is 4.94 Å². The molecule has 0 saturated carbocycles. The van der Waals surface area contributed by atoms with E-state index in [-0.39, 0.29) is 12.4 Å². The summed E-state index contributed by atoms with van der Waals surface area (Å²) in [6, 6.07) is 0. The Morgan fingerprint density at radius 2 is 1.21 bits per heavy atom. The molecule has 6 heteroatoms. The van der Waals surface area contributed by atoms with Gasteiger partial charge in [-0.1, -0.05) is 27.7 Å². The monoisotopic (exact) mass is 226 g/mol. The highest BCUT2D eigenvalue weighted by Gasteiger charge is 1.92. The number of hydrazine groups is 2. The molecule has 0 aliphatic heterocycles. The molecule has 0 spiro atoms. The first-order valence-electron chi connectivity index (χ1n) is 4.74. The lowest BCUT2D eigenvalue weighted by molar-refractivity contribution is -0.0849. The number of halogens is 1. The number of rotatable bonds is 8.